The van der Waals surface area contributed by atoms with E-state index >= 15 is 0 Å². The normalized spacial score (nSPS) is 13.4. The second-order valence-electron chi connectivity index (χ2n) is 6.48. The lowest BCUT2D eigenvalue weighted by Crippen LogP contribution is -2.22. The number of aliphatic hydroxyl groups excluding tert-OH is 1. The highest BCUT2D eigenvalue weighted by Crippen LogP contribution is 2.30. The van der Waals surface area contributed by atoms with Crippen LogP contribution in [-0.4, -0.2) is 20.8 Å². The van der Waals surface area contributed by atoms with Gasteiger partial charge in [0.05, 0.1) is 17.8 Å². The van der Waals surface area contributed by atoms with Crippen LogP contribution in [0.1, 0.15) is 17.3 Å². The first-order valence-electron chi connectivity index (χ1n) is 8.92. The number of hydrogen-bond acceptors (Lipinski definition) is 3. The number of benzene rings is 2. The van der Waals surface area contributed by atoms with Gasteiger partial charge >= 0.3 is 0 Å². The van der Waals surface area contributed by atoms with E-state index in [1.54, 1.807) is 6.20 Å². The van der Waals surface area contributed by atoms with Crippen molar-refractivity contribution in [3.63, 3.8) is 0 Å². The fourth-order valence-corrected chi connectivity index (χ4v) is 3.33. The van der Waals surface area contributed by atoms with E-state index < -0.39 is 6.10 Å². The average molecular weight is 357 g/mol. The van der Waals surface area contributed by atoms with Crippen molar-refractivity contribution in [2.24, 2.45) is 0 Å². The van der Waals surface area contributed by atoms with Crippen LogP contribution in [-0.2, 0) is 6.61 Å². The molecule has 1 N–H and O–H groups in total. The van der Waals surface area contributed by atoms with Gasteiger partial charge in [0.2, 0.25) is 0 Å². The number of pyridine rings is 1. The van der Waals surface area contributed by atoms with Crippen LogP contribution in [0.4, 0.5) is 0 Å². The van der Waals surface area contributed by atoms with Gasteiger partial charge in [0.15, 0.2) is 0 Å². The number of aliphatic hydroxyl groups is 1. The number of aromatic nitrogens is 2. The van der Waals surface area contributed by atoms with Crippen LogP contribution in [0.3, 0.4) is 0 Å². The Labute approximate surface area is 158 Å². The predicted octanol–water partition coefficient (Wildman–Crippen LogP) is 4.40. The van der Waals surface area contributed by atoms with Gasteiger partial charge in [-0.2, -0.15) is 0 Å². The molecule has 0 aliphatic carbocycles. The van der Waals surface area contributed by atoms with Crippen LogP contribution in [0.15, 0.2) is 85.2 Å². The summed E-state index contributed by atoms with van der Waals surface area (Å²) in [4.78, 5) is 4.27. The number of rotatable bonds is 6. The summed E-state index contributed by atoms with van der Waals surface area (Å²) >= 11 is 0. The van der Waals surface area contributed by atoms with E-state index in [1.807, 2.05) is 79.0 Å². The summed E-state index contributed by atoms with van der Waals surface area (Å²) in [6.45, 7) is 4.29. The smallest absolute Gasteiger partial charge is 0.130 e. The molecule has 0 saturated carbocycles. The van der Waals surface area contributed by atoms with Crippen molar-refractivity contribution in [2.45, 2.75) is 18.8 Å². The Hall–Kier alpha value is -3.11. The van der Waals surface area contributed by atoms with E-state index in [9.17, 15) is 5.11 Å². The molecule has 2 aromatic carbocycles. The van der Waals surface area contributed by atoms with Gasteiger partial charge in [-0.25, -0.2) is 0 Å². The fourth-order valence-electron chi connectivity index (χ4n) is 3.33. The Morgan fingerprint density at radius 2 is 1.81 bits per heavy atom. The molecule has 0 amide bonds. The van der Waals surface area contributed by atoms with Gasteiger partial charge in [-0.3, -0.25) is 4.98 Å². The maximum absolute atomic E-state index is 10.3. The topological polar surface area (TPSA) is 47.3 Å². The zero-order valence-electron chi connectivity index (χ0n) is 14.9. The summed E-state index contributed by atoms with van der Waals surface area (Å²) < 4.78 is 7.93. The highest BCUT2D eigenvalue weighted by molar-refractivity contribution is 5.82. The molecule has 1 radical (unpaired) electrons. The van der Waals surface area contributed by atoms with Crippen LogP contribution in [0, 0.1) is 6.92 Å². The Bertz CT molecular complexity index is 1010. The second-order valence-corrected chi connectivity index (χ2v) is 6.48. The Kier molecular flexibility index (Phi) is 4.90. The molecule has 4 aromatic rings. The van der Waals surface area contributed by atoms with E-state index in [1.165, 1.54) is 0 Å². The average Bonchev–Trinajstić information content (AvgIpc) is 3.11. The molecule has 4 nitrogen and oxygen atoms in total. The van der Waals surface area contributed by atoms with Crippen LogP contribution in [0.25, 0.3) is 10.9 Å². The quantitative estimate of drug-likeness (QED) is 0.556. The van der Waals surface area contributed by atoms with E-state index in [-0.39, 0.29) is 6.04 Å². The van der Waals surface area contributed by atoms with Crippen LogP contribution >= 0.6 is 0 Å². The zero-order chi connectivity index (χ0) is 18.6. The fraction of sp³-hybridized carbons (Fsp3) is 0.130. The molecule has 2 atom stereocenters. The van der Waals surface area contributed by atoms with Gasteiger partial charge < -0.3 is 14.4 Å². The van der Waals surface area contributed by atoms with Gasteiger partial charge in [-0.1, -0.05) is 36.4 Å². The summed E-state index contributed by atoms with van der Waals surface area (Å²) in [6.07, 6.45) is 2.98. The second kappa shape index (κ2) is 7.64. The molecule has 27 heavy (non-hydrogen) atoms. The predicted molar refractivity (Wildman–Crippen MR) is 106 cm³/mol. The van der Waals surface area contributed by atoms with E-state index in [2.05, 4.69) is 16.5 Å². The monoisotopic (exact) mass is 357 g/mol. The first kappa shape index (κ1) is 17.3. The first-order chi connectivity index (χ1) is 13.2. The van der Waals surface area contributed by atoms with Gasteiger partial charge in [0.25, 0.3) is 0 Å². The number of hydrogen-bond donors (Lipinski definition) is 1. The number of ether oxygens (including phenoxy) is 1. The highest BCUT2D eigenvalue weighted by atomic mass is 16.5. The van der Waals surface area contributed by atoms with Crippen LogP contribution in [0.2, 0.25) is 0 Å². The lowest BCUT2D eigenvalue weighted by atomic mass is 10.0. The van der Waals surface area contributed by atoms with Crippen molar-refractivity contribution in [1.29, 1.82) is 0 Å². The SMILES string of the molecule is [CH2]C(O)C(c1ccccc1)n1ccc2cc(OCc3ccccn3)ccc21. The molecule has 2 unspecified atom stereocenters. The molecular formula is C23H21N2O2. The summed E-state index contributed by atoms with van der Waals surface area (Å²) in [5, 5.41) is 11.3. The molecule has 2 heterocycles. The van der Waals surface area contributed by atoms with Crippen LogP contribution < -0.4 is 4.74 Å². The molecule has 0 saturated heterocycles. The van der Waals surface area contributed by atoms with E-state index in [4.69, 9.17) is 4.74 Å². The van der Waals surface area contributed by atoms with Crippen molar-refractivity contribution < 1.29 is 9.84 Å². The minimum Gasteiger partial charge on any atom is -0.487 e. The third kappa shape index (κ3) is 3.71. The Morgan fingerprint density at radius 3 is 2.56 bits per heavy atom. The zero-order valence-corrected chi connectivity index (χ0v) is 14.9. The lowest BCUT2D eigenvalue weighted by Gasteiger charge is -2.23. The molecule has 135 valence electrons. The molecule has 0 spiro atoms. The molecule has 4 rings (SSSR count). The van der Waals surface area contributed by atoms with Crippen molar-refractivity contribution in [2.75, 3.05) is 0 Å². The third-order valence-corrected chi connectivity index (χ3v) is 4.61. The van der Waals surface area contributed by atoms with Crippen molar-refractivity contribution in [3.05, 3.63) is 103 Å². The molecule has 0 fully saturated rings. The van der Waals surface area contributed by atoms with Crippen molar-refractivity contribution in [1.82, 2.24) is 9.55 Å². The Morgan fingerprint density at radius 1 is 1.00 bits per heavy atom. The highest BCUT2D eigenvalue weighted by Gasteiger charge is 2.20. The summed E-state index contributed by atoms with van der Waals surface area (Å²) in [5.74, 6) is 0.789. The van der Waals surface area contributed by atoms with E-state index in [0.717, 1.165) is 27.9 Å². The molecule has 0 aliphatic heterocycles. The number of nitrogens with zero attached hydrogens (tertiary/aromatic N) is 2. The largest absolute Gasteiger partial charge is 0.487 e. The minimum absolute atomic E-state index is 0.246. The standard InChI is InChI=1S/C23H21N2O2/c1-17(26)23(18-7-3-2-4-8-18)25-14-12-19-15-21(10-11-22(19)25)27-16-20-9-5-6-13-24-20/h2-15,17,23,26H,1,16H2. The maximum atomic E-state index is 10.3. The Balaban J connectivity index is 1.62. The molecule has 0 bridgehead atoms. The molecule has 0 aliphatic rings. The molecule has 4 heteroatoms. The summed E-state index contributed by atoms with van der Waals surface area (Å²) in [6, 6.07) is 23.5. The summed E-state index contributed by atoms with van der Waals surface area (Å²) in [5.41, 5.74) is 2.93. The third-order valence-electron chi connectivity index (χ3n) is 4.61. The van der Waals surface area contributed by atoms with Crippen molar-refractivity contribution in [3.8, 4) is 5.75 Å². The maximum Gasteiger partial charge on any atom is 0.130 e. The van der Waals surface area contributed by atoms with Crippen LogP contribution in [0.5, 0.6) is 5.75 Å². The summed E-state index contributed by atoms with van der Waals surface area (Å²) in [7, 11) is 0. The van der Waals surface area contributed by atoms with Gasteiger partial charge in [0.1, 0.15) is 12.4 Å². The lowest BCUT2D eigenvalue weighted by molar-refractivity contribution is 0.175. The van der Waals surface area contributed by atoms with Gasteiger partial charge in [-0.15, -0.1) is 0 Å². The molecular weight excluding hydrogens is 336 g/mol. The molecule has 2 aromatic heterocycles. The minimum atomic E-state index is -0.761. The van der Waals surface area contributed by atoms with E-state index in [0.29, 0.717) is 6.61 Å². The van der Waals surface area contributed by atoms with Crippen molar-refractivity contribution >= 4 is 10.9 Å². The van der Waals surface area contributed by atoms with Gasteiger partial charge in [0, 0.05) is 23.3 Å². The number of fused-ring (bicyclic) bond motifs is 1. The van der Waals surface area contributed by atoms with Gasteiger partial charge in [-0.05, 0) is 48.9 Å². The first-order valence-corrected chi connectivity index (χ1v) is 8.92.